The van der Waals surface area contributed by atoms with Gasteiger partial charge in [-0.2, -0.15) is 0 Å². The van der Waals surface area contributed by atoms with Crippen molar-refractivity contribution in [1.82, 2.24) is 0 Å². The van der Waals surface area contributed by atoms with E-state index in [0.717, 1.165) is 11.1 Å². The van der Waals surface area contributed by atoms with E-state index in [1.54, 1.807) is 31.2 Å². The van der Waals surface area contributed by atoms with Gasteiger partial charge in [-0.15, -0.1) is 0 Å². The summed E-state index contributed by atoms with van der Waals surface area (Å²) in [5.41, 5.74) is 1.84. The fourth-order valence-electron chi connectivity index (χ4n) is 2.37. The highest BCUT2D eigenvalue weighted by molar-refractivity contribution is 5.69. The minimum absolute atomic E-state index is 0.171. The van der Waals surface area contributed by atoms with Crippen molar-refractivity contribution in [1.29, 1.82) is 0 Å². The molecule has 0 radical (unpaired) electrons. The van der Waals surface area contributed by atoms with Crippen LogP contribution in [0.2, 0.25) is 0 Å². The van der Waals surface area contributed by atoms with Crippen LogP contribution in [0.4, 0.5) is 0 Å². The fourth-order valence-corrected chi connectivity index (χ4v) is 2.37. The van der Waals surface area contributed by atoms with Gasteiger partial charge in [-0.25, -0.2) is 0 Å². The van der Waals surface area contributed by atoms with E-state index in [2.05, 4.69) is 0 Å². The molecule has 0 aliphatic heterocycles. The molecule has 0 amide bonds. The number of nitrogens with zero attached hydrogens (tertiary/aromatic N) is 1. The lowest BCUT2D eigenvalue weighted by Gasteiger charge is -2.10. The Hall–Kier alpha value is -2.89. The molecule has 0 saturated heterocycles. The number of carbonyl (C=O) groups is 1. The fraction of sp³-hybridized carbons (Fsp3) is 0.316. The number of nitro groups is 1. The average Bonchev–Trinajstić information content (AvgIpc) is 2.61. The van der Waals surface area contributed by atoms with Crippen molar-refractivity contribution in [2.45, 2.75) is 32.4 Å². The van der Waals surface area contributed by atoms with Crippen LogP contribution in [0.3, 0.4) is 0 Å². The van der Waals surface area contributed by atoms with Gasteiger partial charge in [0.25, 0.3) is 0 Å². The third-order valence-corrected chi connectivity index (χ3v) is 3.65. The molecule has 0 spiro atoms. The van der Waals surface area contributed by atoms with Gasteiger partial charge in [0.2, 0.25) is 6.04 Å². The van der Waals surface area contributed by atoms with Crippen molar-refractivity contribution >= 4 is 5.97 Å². The summed E-state index contributed by atoms with van der Waals surface area (Å²) in [4.78, 5) is 22.2. The lowest BCUT2D eigenvalue weighted by atomic mass is 10.0. The molecule has 0 aliphatic carbocycles. The monoisotopic (exact) mass is 343 g/mol. The van der Waals surface area contributed by atoms with Gasteiger partial charge < -0.3 is 9.47 Å². The van der Waals surface area contributed by atoms with Gasteiger partial charge in [0.1, 0.15) is 18.8 Å². The first-order valence-corrected chi connectivity index (χ1v) is 8.13. The van der Waals surface area contributed by atoms with Crippen LogP contribution in [0.25, 0.3) is 0 Å². The maximum atomic E-state index is 11.5. The molecule has 2 aromatic carbocycles. The summed E-state index contributed by atoms with van der Waals surface area (Å²) in [5, 5.41) is 11.1. The van der Waals surface area contributed by atoms with Crippen molar-refractivity contribution < 1.29 is 19.2 Å². The van der Waals surface area contributed by atoms with E-state index in [1.807, 2.05) is 30.3 Å². The molecule has 2 rings (SSSR count). The topological polar surface area (TPSA) is 78.7 Å². The zero-order chi connectivity index (χ0) is 18.1. The molecule has 0 fully saturated rings. The second-order valence-electron chi connectivity index (χ2n) is 5.57. The van der Waals surface area contributed by atoms with Crippen molar-refractivity contribution in [3.05, 3.63) is 75.8 Å². The molecule has 0 heterocycles. The Morgan fingerprint density at radius 1 is 1.08 bits per heavy atom. The van der Waals surface area contributed by atoms with Crippen molar-refractivity contribution in [2.75, 3.05) is 6.61 Å². The molecule has 6 nitrogen and oxygen atoms in total. The number of benzene rings is 2. The smallest absolute Gasteiger partial charge is 0.312 e. The van der Waals surface area contributed by atoms with Crippen LogP contribution in [0.5, 0.6) is 5.75 Å². The van der Waals surface area contributed by atoms with Crippen LogP contribution in [-0.2, 0) is 22.6 Å². The number of hydrogen-bond donors (Lipinski definition) is 0. The van der Waals surface area contributed by atoms with Crippen molar-refractivity contribution in [2.24, 2.45) is 0 Å². The predicted molar refractivity (Wildman–Crippen MR) is 93.0 cm³/mol. The summed E-state index contributed by atoms with van der Waals surface area (Å²) in [6.45, 7) is 2.35. The summed E-state index contributed by atoms with van der Waals surface area (Å²) in [6.07, 6.45) is -0.0577. The number of ether oxygens (including phenoxy) is 2. The lowest BCUT2D eigenvalue weighted by molar-refractivity contribution is -0.521. The molecular formula is C19H21NO5. The minimum Gasteiger partial charge on any atom is -0.489 e. The number of esters is 1. The van der Waals surface area contributed by atoms with E-state index in [4.69, 9.17) is 9.47 Å². The summed E-state index contributed by atoms with van der Waals surface area (Å²) in [5.74, 6) is 0.141. The molecule has 1 unspecified atom stereocenters. The summed E-state index contributed by atoms with van der Waals surface area (Å²) in [7, 11) is 0. The van der Waals surface area contributed by atoms with E-state index < -0.39 is 16.9 Å². The van der Waals surface area contributed by atoms with Gasteiger partial charge in [-0.3, -0.25) is 14.9 Å². The third-order valence-electron chi connectivity index (χ3n) is 3.65. The van der Waals surface area contributed by atoms with Crippen LogP contribution in [0.1, 0.15) is 24.5 Å². The molecule has 6 heteroatoms. The van der Waals surface area contributed by atoms with Crippen LogP contribution in [0, 0.1) is 10.1 Å². The van der Waals surface area contributed by atoms with E-state index in [1.165, 1.54) is 0 Å². The molecular weight excluding hydrogens is 322 g/mol. The SMILES string of the molecule is CCOC(=O)CC(Cc1ccc(OCc2ccccc2)cc1)[N+](=O)[O-]. The van der Waals surface area contributed by atoms with Crippen LogP contribution in [0.15, 0.2) is 54.6 Å². The largest absolute Gasteiger partial charge is 0.489 e. The molecule has 0 saturated carbocycles. The van der Waals surface area contributed by atoms with Gasteiger partial charge in [0.15, 0.2) is 0 Å². The molecule has 1 atom stereocenters. The van der Waals surface area contributed by atoms with Crippen LogP contribution in [-0.4, -0.2) is 23.5 Å². The minimum atomic E-state index is -0.991. The summed E-state index contributed by atoms with van der Waals surface area (Å²) < 4.78 is 10.5. The first-order chi connectivity index (χ1) is 12.1. The second-order valence-corrected chi connectivity index (χ2v) is 5.57. The molecule has 25 heavy (non-hydrogen) atoms. The average molecular weight is 343 g/mol. The quantitative estimate of drug-likeness (QED) is 0.396. The third kappa shape index (κ3) is 6.25. The van der Waals surface area contributed by atoms with Crippen molar-refractivity contribution in [3.8, 4) is 5.75 Å². The zero-order valence-electron chi connectivity index (χ0n) is 14.1. The van der Waals surface area contributed by atoms with Crippen LogP contribution >= 0.6 is 0 Å². The Balaban J connectivity index is 1.91. The maximum Gasteiger partial charge on any atom is 0.312 e. The van der Waals surface area contributed by atoms with Gasteiger partial charge >= 0.3 is 5.97 Å². The van der Waals surface area contributed by atoms with Gasteiger partial charge in [0, 0.05) is 11.3 Å². The predicted octanol–water partition coefficient (Wildman–Crippen LogP) is 3.41. The van der Waals surface area contributed by atoms with E-state index >= 15 is 0 Å². The van der Waals surface area contributed by atoms with Gasteiger partial charge in [-0.1, -0.05) is 42.5 Å². The molecule has 0 N–H and O–H groups in total. The normalized spacial score (nSPS) is 11.6. The standard InChI is InChI=1S/C19H21NO5/c1-2-24-19(21)13-17(20(22)23)12-15-8-10-18(11-9-15)25-14-16-6-4-3-5-7-16/h3-11,17H,2,12-14H2,1H3. The van der Waals surface area contributed by atoms with E-state index in [-0.39, 0.29) is 19.4 Å². The Kier molecular flexibility index (Phi) is 6.95. The second kappa shape index (κ2) is 9.42. The number of hydrogen-bond acceptors (Lipinski definition) is 5. The summed E-state index contributed by atoms with van der Waals surface area (Å²) in [6, 6.07) is 15.9. The van der Waals surface area contributed by atoms with E-state index in [9.17, 15) is 14.9 Å². The Bertz CT molecular complexity index is 685. The maximum absolute atomic E-state index is 11.5. The molecule has 0 aromatic heterocycles. The first kappa shape index (κ1) is 18.4. The highest BCUT2D eigenvalue weighted by atomic mass is 16.6. The zero-order valence-corrected chi connectivity index (χ0v) is 14.1. The first-order valence-electron chi connectivity index (χ1n) is 8.13. The van der Waals surface area contributed by atoms with Crippen LogP contribution < -0.4 is 4.74 Å². The van der Waals surface area contributed by atoms with E-state index in [0.29, 0.717) is 12.4 Å². The summed E-state index contributed by atoms with van der Waals surface area (Å²) >= 11 is 0. The highest BCUT2D eigenvalue weighted by Crippen LogP contribution is 2.17. The lowest BCUT2D eigenvalue weighted by Crippen LogP contribution is -2.26. The van der Waals surface area contributed by atoms with Crippen molar-refractivity contribution in [3.63, 3.8) is 0 Å². The molecule has 2 aromatic rings. The molecule has 0 bridgehead atoms. The molecule has 0 aliphatic rings. The Morgan fingerprint density at radius 3 is 2.36 bits per heavy atom. The van der Waals surface area contributed by atoms with Gasteiger partial charge in [-0.05, 0) is 30.2 Å². The Morgan fingerprint density at radius 2 is 1.76 bits per heavy atom. The number of carbonyl (C=O) groups excluding carboxylic acids is 1. The molecule has 132 valence electrons. The highest BCUT2D eigenvalue weighted by Gasteiger charge is 2.25. The van der Waals surface area contributed by atoms with Gasteiger partial charge in [0.05, 0.1) is 6.61 Å². The Labute approximate surface area is 146 Å². The number of rotatable bonds is 9.